The Morgan fingerprint density at radius 1 is 1.06 bits per heavy atom. The molecule has 0 radical (unpaired) electrons. The van der Waals surface area contributed by atoms with Crippen molar-refractivity contribution >= 4 is 17.4 Å². The lowest BCUT2D eigenvalue weighted by molar-refractivity contribution is -0.132. The molecule has 1 N–H and O–H groups in total. The molecule has 0 saturated heterocycles. The first-order valence-electron chi connectivity index (χ1n) is 10.8. The summed E-state index contributed by atoms with van der Waals surface area (Å²) in [5.74, 6) is 1.33. The first-order valence-corrected chi connectivity index (χ1v) is 10.8. The number of amides is 1. The fraction of sp³-hybridized carbons (Fsp3) is 0.200. The van der Waals surface area contributed by atoms with Gasteiger partial charge in [-0.15, -0.1) is 0 Å². The third-order valence-corrected chi connectivity index (χ3v) is 5.73. The average Bonchev–Trinajstić information content (AvgIpc) is 3.19. The summed E-state index contributed by atoms with van der Waals surface area (Å²) in [6.07, 6.45) is 3.31. The Morgan fingerprint density at radius 3 is 2.58 bits per heavy atom. The maximum atomic E-state index is 13.5. The maximum Gasteiger partial charge on any atom is 0.229 e. The van der Waals surface area contributed by atoms with E-state index in [0.717, 1.165) is 28.6 Å². The number of fused-ring (bicyclic) bond motifs is 1. The molecular weight excluding hydrogens is 419 g/mol. The molecule has 7 nitrogen and oxygen atoms in total. The van der Waals surface area contributed by atoms with Gasteiger partial charge in [-0.2, -0.15) is 0 Å². The molecule has 0 unspecified atom stereocenters. The minimum atomic E-state index is -0.294. The molecule has 0 atom stereocenters. The molecular formula is C25H23FN6O. The second-order valence-corrected chi connectivity index (χ2v) is 8.07. The maximum absolute atomic E-state index is 13.5. The number of rotatable bonds is 5. The third-order valence-electron chi connectivity index (χ3n) is 5.73. The Hall–Kier alpha value is -4.07. The molecule has 0 fully saturated rings. The zero-order valence-electron chi connectivity index (χ0n) is 18.2. The summed E-state index contributed by atoms with van der Waals surface area (Å²) in [6, 6.07) is 16.2. The van der Waals surface area contributed by atoms with E-state index in [1.54, 1.807) is 29.3 Å². The number of benzene rings is 2. The lowest BCUT2D eigenvalue weighted by atomic mass is 10.1. The van der Waals surface area contributed by atoms with Crippen LogP contribution in [0.15, 0.2) is 67.1 Å². The number of aryl methyl sites for hydroxylation is 1. The van der Waals surface area contributed by atoms with E-state index >= 15 is 0 Å². The highest BCUT2D eigenvalue weighted by Gasteiger charge is 2.27. The van der Waals surface area contributed by atoms with Crippen molar-refractivity contribution in [2.45, 2.75) is 26.4 Å². The minimum absolute atomic E-state index is 0.000624. The second-order valence-electron chi connectivity index (χ2n) is 8.07. The molecule has 1 amide bonds. The molecule has 8 heteroatoms. The van der Waals surface area contributed by atoms with Gasteiger partial charge in [-0.05, 0) is 49.4 Å². The van der Waals surface area contributed by atoms with Gasteiger partial charge in [0.15, 0.2) is 0 Å². The van der Waals surface area contributed by atoms with Crippen LogP contribution in [0.2, 0.25) is 0 Å². The van der Waals surface area contributed by atoms with Gasteiger partial charge in [-0.1, -0.05) is 17.7 Å². The van der Waals surface area contributed by atoms with E-state index in [0.29, 0.717) is 25.3 Å². The fourth-order valence-corrected chi connectivity index (χ4v) is 3.94. The number of nitrogens with one attached hydrogen (secondary N) is 1. The molecule has 166 valence electrons. The Labute approximate surface area is 191 Å². The Morgan fingerprint density at radius 2 is 1.85 bits per heavy atom. The highest BCUT2D eigenvalue weighted by Crippen LogP contribution is 2.33. The Kier molecular flexibility index (Phi) is 5.56. The number of carbonyl (C=O) groups is 1. The van der Waals surface area contributed by atoms with Crippen LogP contribution in [0.5, 0.6) is 0 Å². The molecule has 5 rings (SSSR count). The number of imidazole rings is 1. The van der Waals surface area contributed by atoms with Gasteiger partial charge in [0.25, 0.3) is 0 Å². The van der Waals surface area contributed by atoms with E-state index in [4.69, 9.17) is 4.98 Å². The standard InChI is InChI=1S/C25H23FN6O/c1-17-2-8-20(9-3-17)29-25-24(18-4-6-19(26)7-5-18)30-22-15-31(12-13-32(22)25)23(33)14-21-10-11-27-16-28-21/h2-11,16,29H,12-15H2,1H3. The molecule has 0 bridgehead atoms. The average molecular weight is 442 g/mol. The van der Waals surface area contributed by atoms with Gasteiger partial charge in [0, 0.05) is 30.5 Å². The molecule has 0 aliphatic carbocycles. The van der Waals surface area contributed by atoms with Gasteiger partial charge in [0.05, 0.1) is 18.7 Å². The van der Waals surface area contributed by atoms with Crippen LogP contribution in [0.1, 0.15) is 17.1 Å². The second kappa shape index (κ2) is 8.82. The zero-order chi connectivity index (χ0) is 22.8. The van der Waals surface area contributed by atoms with Crippen molar-refractivity contribution < 1.29 is 9.18 Å². The quantitative estimate of drug-likeness (QED) is 0.503. The van der Waals surface area contributed by atoms with Crippen LogP contribution < -0.4 is 5.32 Å². The summed E-state index contributed by atoms with van der Waals surface area (Å²) in [6.45, 7) is 3.61. The predicted molar refractivity (Wildman–Crippen MR) is 123 cm³/mol. The van der Waals surface area contributed by atoms with E-state index in [2.05, 4.69) is 19.9 Å². The number of nitrogens with zero attached hydrogens (tertiary/aromatic N) is 5. The van der Waals surface area contributed by atoms with Crippen molar-refractivity contribution in [3.63, 3.8) is 0 Å². The number of halogens is 1. The topological polar surface area (TPSA) is 75.9 Å². The first-order chi connectivity index (χ1) is 16.1. The summed E-state index contributed by atoms with van der Waals surface area (Å²) >= 11 is 0. The van der Waals surface area contributed by atoms with Crippen LogP contribution in [0, 0.1) is 12.7 Å². The summed E-state index contributed by atoms with van der Waals surface area (Å²) in [5.41, 5.74) is 4.35. The smallest absolute Gasteiger partial charge is 0.229 e. The molecule has 1 aliphatic heterocycles. The minimum Gasteiger partial charge on any atom is -0.340 e. The lowest BCUT2D eigenvalue weighted by Gasteiger charge is -2.28. The molecule has 0 saturated carbocycles. The van der Waals surface area contributed by atoms with Crippen molar-refractivity contribution in [1.82, 2.24) is 24.4 Å². The number of hydrogen-bond acceptors (Lipinski definition) is 5. The Bertz CT molecular complexity index is 1270. The number of aromatic nitrogens is 4. The molecule has 33 heavy (non-hydrogen) atoms. The van der Waals surface area contributed by atoms with Crippen LogP contribution >= 0.6 is 0 Å². The molecule has 2 aromatic heterocycles. The monoisotopic (exact) mass is 442 g/mol. The van der Waals surface area contributed by atoms with Crippen molar-refractivity contribution in [3.05, 3.63) is 90.0 Å². The van der Waals surface area contributed by atoms with Crippen molar-refractivity contribution in [2.75, 3.05) is 11.9 Å². The molecule has 1 aliphatic rings. The van der Waals surface area contributed by atoms with Gasteiger partial charge in [0.2, 0.25) is 5.91 Å². The molecule has 0 spiro atoms. The summed E-state index contributed by atoms with van der Waals surface area (Å²) < 4.78 is 15.6. The van der Waals surface area contributed by atoms with Crippen molar-refractivity contribution in [2.24, 2.45) is 0 Å². The van der Waals surface area contributed by atoms with Gasteiger partial charge in [0.1, 0.15) is 29.5 Å². The van der Waals surface area contributed by atoms with Gasteiger partial charge in [-0.3, -0.25) is 4.79 Å². The van der Waals surface area contributed by atoms with Crippen LogP contribution in [0.4, 0.5) is 15.9 Å². The SMILES string of the molecule is Cc1ccc(Nc2c(-c3ccc(F)cc3)nc3n2CCN(C(=O)Cc2ccncn2)C3)cc1. The fourth-order valence-electron chi connectivity index (χ4n) is 3.94. The molecule has 3 heterocycles. The van der Waals surface area contributed by atoms with E-state index in [1.807, 2.05) is 31.2 Å². The van der Waals surface area contributed by atoms with E-state index in [-0.39, 0.29) is 18.1 Å². The van der Waals surface area contributed by atoms with E-state index in [9.17, 15) is 9.18 Å². The predicted octanol–water partition coefficient (Wildman–Crippen LogP) is 4.12. The lowest BCUT2D eigenvalue weighted by Crippen LogP contribution is -2.39. The summed E-state index contributed by atoms with van der Waals surface area (Å²) in [4.78, 5) is 27.6. The first kappa shape index (κ1) is 20.8. The summed E-state index contributed by atoms with van der Waals surface area (Å²) in [5, 5.41) is 3.49. The zero-order valence-corrected chi connectivity index (χ0v) is 18.2. The van der Waals surface area contributed by atoms with Crippen LogP contribution in [-0.4, -0.2) is 36.9 Å². The molecule has 4 aromatic rings. The highest BCUT2D eigenvalue weighted by atomic mass is 19.1. The van der Waals surface area contributed by atoms with Gasteiger partial charge >= 0.3 is 0 Å². The number of anilines is 2. The Balaban J connectivity index is 1.46. The number of carbonyl (C=O) groups excluding carboxylic acids is 1. The van der Waals surface area contributed by atoms with E-state index < -0.39 is 0 Å². The van der Waals surface area contributed by atoms with Crippen LogP contribution in [0.25, 0.3) is 11.3 Å². The molecule has 2 aromatic carbocycles. The highest BCUT2D eigenvalue weighted by molar-refractivity contribution is 5.79. The van der Waals surface area contributed by atoms with Crippen LogP contribution in [-0.2, 0) is 24.3 Å². The van der Waals surface area contributed by atoms with Gasteiger partial charge < -0.3 is 14.8 Å². The number of hydrogen-bond donors (Lipinski definition) is 1. The van der Waals surface area contributed by atoms with Crippen molar-refractivity contribution in [3.8, 4) is 11.3 Å². The largest absolute Gasteiger partial charge is 0.340 e. The summed E-state index contributed by atoms with van der Waals surface area (Å²) in [7, 11) is 0. The normalized spacial score (nSPS) is 13.0. The van der Waals surface area contributed by atoms with E-state index in [1.165, 1.54) is 24.0 Å². The third kappa shape index (κ3) is 4.45. The van der Waals surface area contributed by atoms with Gasteiger partial charge in [-0.25, -0.2) is 19.3 Å². The van der Waals surface area contributed by atoms with Crippen LogP contribution in [0.3, 0.4) is 0 Å². The van der Waals surface area contributed by atoms with Crippen molar-refractivity contribution in [1.29, 1.82) is 0 Å².